The Kier molecular flexibility index (Phi) is 5.07. The Morgan fingerprint density at radius 3 is 2.67 bits per heavy atom. The first kappa shape index (κ1) is 13.9. The minimum Gasteiger partial charge on any atom is -0.508 e. The Balaban J connectivity index is 1.88. The molecule has 100 valence electrons. The van der Waals surface area contributed by atoms with E-state index in [0.717, 1.165) is 35.7 Å². The summed E-state index contributed by atoms with van der Waals surface area (Å²) in [5, 5.41) is 20.0. The number of phenolic OH excluding ortho intramolecular Hbond substituents is 1. The van der Waals surface area contributed by atoms with Gasteiger partial charge in [0.2, 0.25) is 0 Å². The van der Waals surface area contributed by atoms with Crippen LogP contribution in [0.25, 0.3) is 0 Å². The quantitative estimate of drug-likeness (QED) is 0.881. The molecule has 0 spiro atoms. The zero-order chi connectivity index (χ0) is 13.0. The van der Waals surface area contributed by atoms with E-state index < -0.39 is 0 Å². The van der Waals surface area contributed by atoms with Gasteiger partial charge < -0.3 is 10.2 Å². The fourth-order valence-corrected chi connectivity index (χ4v) is 3.22. The number of rotatable bonds is 4. The van der Waals surface area contributed by atoms with Gasteiger partial charge in [0.05, 0.1) is 6.10 Å². The van der Waals surface area contributed by atoms with Gasteiger partial charge in [-0.25, -0.2) is 0 Å². The summed E-state index contributed by atoms with van der Waals surface area (Å²) in [4.78, 5) is 0. The molecule has 0 aliphatic heterocycles. The molecular formula is C15H21BrO2. The number of hydrogen-bond acceptors (Lipinski definition) is 2. The maximum atomic E-state index is 10.2. The second kappa shape index (κ2) is 6.58. The Hall–Kier alpha value is -0.540. The summed E-state index contributed by atoms with van der Waals surface area (Å²) < 4.78 is 0.974. The van der Waals surface area contributed by atoms with E-state index in [1.54, 1.807) is 6.07 Å². The summed E-state index contributed by atoms with van der Waals surface area (Å²) in [6.07, 6.45) is 7.40. The summed E-state index contributed by atoms with van der Waals surface area (Å²) >= 11 is 3.41. The van der Waals surface area contributed by atoms with Crippen molar-refractivity contribution < 1.29 is 10.2 Å². The molecule has 2 rings (SSSR count). The zero-order valence-corrected chi connectivity index (χ0v) is 12.2. The average Bonchev–Trinajstić information content (AvgIpc) is 2.40. The van der Waals surface area contributed by atoms with Gasteiger partial charge in [-0.15, -0.1) is 0 Å². The van der Waals surface area contributed by atoms with Crippen molar-refractivity contribution in [2.45, 2.75) is 51.0 Å². The number of phenols is 1. The summed E-state index contributed by atoms with van der Waals surface area (Å²) in [6.45, 7) is 0. The minimum absolute atomic E-state index is 0.219. The number of aromatic hydroxyl groups is 1. The van der Waals surface area contributed by atoms with Crippen molar-refractivity contribution >= 4 is 15.9 Å². The highest BCUT2D eigenvalue weighted by Crippen LogP contribution is 2.29. The second-order valence-electron chi connectivity index (χ2n) is 5.28. The molecule has 0 bridgehead atoms. The first-order valence-corrected chi connectivity index (χ1v) is 7.61. The van der Waals surface area contributed by atoms with Crippen LogP contribution in [-0.2, 0) is 6.42 Å². The Labute approximate surface area is 117 Å². The SMILES string of the molecule is Oc1ccc(Br)cc1CCC(O)C1CCCCC1. The van der Waals surface area contributed by atoms with E-state index in [1.165, 1.54) is 19.3 Å². The highest BCUT2D eigenvalue weighted by atomic mass is 79.9. The van der Waals surface area contributed by atoms with E-state index in [-0.39, 0.29) is 6.10 Å². The van der Waals surface area contributed by atoms with Crippen LogP contribution in [0.15, 0.2) is 22.7 Å². The van der Waals surface area contributed by atoms with Crippen LogP contribution in [0, 0.1) is 5.92 Å². The van der Waals surface area contributed by atoms with E-state index in [9.17, 15) is 10.2 Å². The molecule has 0 saturated heterocycles. The summed E-state index contributed by atoms with van der Waals surface area (Å²) in [5.74, 6) is 0.794. The van der Waals surface area contributed by atoms with Crippen molar-refractivity contribution in [1.82, 2.24) is 0 Å². The number of aliphatic hydroxyl groups excluding tert-OH is 1. The molecule has 1 aliphatic rings. The average molecular weight is 313 g/mol. The van der Waals surface area contributed by atoms with E-state index >= 15 is 0 Å². The Morgan fingerprint density at radius 2 is 1.94 bits per heavy atom. The highest BCUT2D eigenvalue weighted by Gasteiger charge is 2.21. The standard InChI is InChI=1S/C15H21BrO2/c16-13-7-9-15(18)12(10-13)6-8-14(17)11-4-2-1-3-5-11/h7,9-11,14,17-18H,1-6,8H2. The van der Waals surface area contributed by atoms with Crippen molar-refractivity contribution in [1.29, 1.82) is 0 Å². The molecule has 1 atom stereocenters. The largest absolute Gasteiger partial charge is 0.508 e. The van der Waals surface area contributed by atoms with Crippen molar-refractivity contribution in [3.8, 4) is 5.75 Å². The molecule has 0 heterocycles. The lowest BCUT2D eigenvalue weighted by Gasteiger charge is -2.26. The van der Waals surface area contributed by atoms with Gasteiger partial charge in [-0.2, -0.15) is 0 Å². The minimum atomic E-state index is -0.219. The first-order valence-electron chi connectivity index (χ1n) is 6.82. The van der Waals surface area contributed by atoms with Crippen LogP contribution in [0.1, 0.15) is 44.1 Å². The number of hydrogen-bond donors (Lipinski definition) is 2. The summed E-state index contributed by atoms with van der Waals surface area (Å²) in [6, 6.07) is 5.46. The predicted molar refractivity (Wildman–Crippen MR) is 76.7 cm³/mol. The van der Waals surface area contributed by atoms with Gasteiger partial charge in [0.25, 0.3) is 0 Å². The smallest absolute Gasteiger partial charge is 0.118 e. The molecule has 1 aromatic rings. The molecule has 1 fully saturated rings. The van der Waals surface area contributed by atoms with E-state index in [0.29, 0.717) is 11.7 Å². The molecule has 0 radical (unpaired) electrons. The molecular weight excluding hydrogens is 292 g/mol. The fraction of sp³-hybridized carbons (Fsp3) is 0.600. The number of aliphatic hydroxyl groups is 1. The lowest BCUT2D eigenvalue weighted by atomic mass is 9.83. The number of benzene rings is 1. The van der Waals surface area contributed by atoms with Crippen LogP contribution < -0.4 is 0 Å². The lowest BCUT2D eigenvalue weighted by Crippen LogP contribution is -2.23. The molecule has 3 heteroatoms. The molecule has 18 heavy (non-hydrogen) atoms. The van der Waals surface area contributed by atoms with Gasteiger partial charge in [0, 0.05) is 4.47 Å². The van der Waals surface area contributed by atoms with Crippen LogP contribution in [0.2, 0.25) is 0 Å². The van der Waals surface area contributed by atoms with Crippen LogP contribution in [0.3, 0.4) is 0 Å². The maximum Gasteiger partial charge on any atom is 0.118 e. The molecule has 0 amide bonds. The van der Waals surface area contributed by atoms with Crippen LogP contribution in [-0.4, -0.2) is 16.3 Å². The second-order valence-corrected chi connectivity index (χ2v) is 6.19. The number of aryl methyl sites for hydroxylation is 1. The van der Waals surface area contributed by atoms with Gasteiger partial charge >= 0.3 is 0 Å². The van der Waals surface area contributed by atoms with Crippen LogP contribution >= 0.6 is 15.9 Å². The van der Waals surface area contributed by atoms with Crippen molar-refractivity contribution in [2.24, 2.45) is 5.92 Å². The zero-order valence-electron chi connectivity index (χ0n) is 10.6. The molecule has 2 N–H and O–H groups in total. The third kappa shape index (κ3) is 3.72. The van der Waals surface area contributed by atoms with E-state index in [2.05, 4.69) is 15.9 Å². The third-order valence-corrected chi connectivity index (χ3v) is 4.44. The monoisotopic (exact) mass is 312 g/mol. The number of halogens is 1. The van der Waals surface area contributed by atoms with Gasteiger partial charge in [0.1, 0.15) is 5.75 Å². The lowest BCUT2D eigenvalue weighted by molar-refractivity contribution is 0.0774. The predicted octanol–water partition coefficient (Wildman–Crippen LogP) is 4.03. The molecule has 1 unspecified atom stereocenters. The fourth-order valence-electron chi connectivity index (χ4n) is 2.81. The Bertz CT molecular complexity index is 386. The van der Waals surface area contributed by atoms with Crippen molar-refractivity contribution in [3.05, 3.63) is 28.2 Å². The molecule has 1 saturated carbocycles. The van der Waals surface area contributed by atoms with Crippen LogP contribution in [0.5, 0.6) is 5.75 Å². The molecule has 0 aromatic heterocycles. The maximum absolute atomic E-state index is 10.2. The highest BCUT2D eigenvalue weighted by molar-refractivity contribution is 9.10. The molecule has 2 nitrogen and oxygen atoms in total. The van der Waals surface area contributed by atoms with Gasteiger partial charge in [-0.05, 0) is 55.4 Å². The summed E-state index contributed by atoms with van der Waals surface area (Å²) in [7, 11) is 0. The Morgan fingerprint density at radius 1 is 1.22 bits per heavy atom. The van der Waals surface area contributed by atoms with Crippen LogP contribution in [0.4, 0.5) is 0 Å². The molecule has 1 aromatic carbocycles. The van der Waals surface area contributed by atoms with Gasteiger partial charge in [-0.1, -0.05) is 35.2 Å². The normalized spacial score (nSPS) is 18.8. The van der Waals surface area contributed by atoms with E-state index in [4.69, 9.17) is 0 Å². The van der Waals surface area contributed by atoms with Crippen molar-refractivity contribution in [2.75, 3.05) is 0 Å². The first-order chi connectivity index (χ1) is 8.66. The van der Waals surface area contributed by atoms with Gasteiger partial charge in [-0.3, -0.25) is 0 Å². The van der Waals surface area contributed by atoms with Gasteiger partial charge in [0.15, 0.2) is 0 Å². The third-order valence-electron chi connectivity index (χ3n) is 3.94. The summed E-state index contributed by atoms with van der Waals surface area (Å²) in [5.41, 5.74) is 0.916. The van der Waals surface area contributed by atoms with E-state index in [1.807, 2.05) is 12.1 Å². The topological polar surface area (TPSA) is 40.5 Å². The van der Waals surface area contributed by atoms with Crippen molar-refractivity contribution in [3.63, 3.8) is 0 Å². The molecule has 1 aliphatic carbocycles.